The Hall–Kier alpha value is -1.31. The van der Waals surface area contributed by atoms with Gasteiger partial charge < -0.3 is 14.9 Å². The van der Waals surface area contributed by atoms with Gasteiger partial charge in [-0.1, -0.05) is 17.7 Å². The number of halogens is 4. The summed E-state index contributed by atoms with van der Waals surface area (Å²) >= 11 is 5.43. The lowest BCUT2D eigenvalue weighted by Crippen LogP contribution is -2.23. The monoisotopic (exact) mass is 312 g/mol. The molecule has 0 radical (unpaired) electrons. The van der Waals surface area contributed by atoms with Crippen LogP contribution >= 0.6 is 11.6 Å². The lowest BCUT2D eigenvalue weighted by molar-refractivity contribution is -0.145. The van der Waals surface area contributed by atoms with Crippen LogP contribution in [0.4, 0.5) is 13.2 Å². The van der Waals surface area contributed by atoms with Gasteiger partial charge in [-0.3, -0.25) is 4.79 Å². The van der Waals surface area contributed by atoms with Crippen LogP contribution in [0.15, 0.2) is 18.2 Å². The van der Waals surface area contributed by atoms with Crippen molar-refractivity contribution < 1.29 is 32.9 Å². The Kier molecular flexibility index (Phi) is 5.38. The molecule has 2 N–H and O–H groups in total. The Labute approximate surface area is 117 Å². The van der Waals surface area contributed by atoms with Crippen molar-refractivity contribution in [2.75, 3.05) is 7.11 Å². The van der Waals surface area contributed by atoms with Crippen LogP contribution < -0.4 is 0 Å². The van der Waals surface area contributed by atoms with E-state index in [1.165, 1.54) is 0 Å². The molecule has 0 aromatic heterocycles. The van der Waals surface area contributed by atoms with Gasteiger partial charge >= 0.3 is 12.1 Å². The maximum atomic E-state index is 12.7. The summed E-state index contributed by atoms with van der Waals surface area (Å²) in [6.07, 6.45) is -8.46. The SMILES string of the molecule is COC(=O)CC(O)C(O)c1ccc(Cl)c(C(F)(F)F)c1. The summed E-state index contributed by atoms with van der Waals surface area (Å²) in [6.45, 7) is 0. The van der Waals surface area contributed by atoms with Crippen LogP contribution in [-0.4, -0.2) is 29.4 Å². The van der Waals surface area contributed by atoms with E-state index in [0.29, 0.717) is 6.07 Å². The molecule has 0 spiro atoms. The van der Waals surface area contributed by atoms with Crippen molar-refractivity contribution in [3.63, 3.8) is 0 Å². The summed E-state index contributed by atoms with van der Waals surface area (Å²) in [7, 11) is 1.09. The first-order chi connectivity index (χ1) is 9.16. The Morgan fingerprint density at radius 2 is 2.00 bits per heavy atom. The Morgan fingerprint density at radius 1 is 1.40 bits per heavy atom. The van der Waals surface area contributed by atoms with Gasteiger partial charge in [-0.05, 0) is 17.7 Å². The molecule has 0 aliphatic heterocycles. The van der Waals surface area contributed by atoms with Crippen molar-refractivity contribution in [3.8, 4) is 0 Å². The maximum Gasteiger partial charge on any atom is 0.417 e. The van der Waals surface area contributed by atoms with Crippen LogP contribution in [-0.2, 0) is 15.7 Å². The fraction of sp³-hybridized carbons (Fsp3) is 0.417. The lowest BCUT2D eigenvalue weighted by atomic mass is 10.00. The molecule has 1 aromatic rings. The van der Waals surface area contributed by atoms with E-state index in [1.54, 1.807) is 0 Å². The van der Waals surface area contributed by atoms with Gasteiger partial charge in [-0.25, -0.2) is 0 Å². The maximum absolute atomic E-state index is 12.7. The van der Waals surface area contributed by atoms with E-state index < -0.39 is 41.4 Å². The first-order valence-corrected chi connectivity index (χ1v) is 5.84. The van der Waals surface area contributed by atoms with E-state index in [4.69, 9.17) is 11.6 Å². The number of hydrogen-bond acceptors (Lipinski definition) is 4. The second-order valence-electron chi connectivity index (χ2n) is 4.03. The summed E-state index contributed by atoms with van der Waals surface area (Å²) in [5, 5.41) is 18.8. The second kappa shape index (κ2) is 6.43. The number of alkyl halides is 3. The molecule has 2 atom stereocenters. The summed E-state index contributed by atoms with van der Waals surface area (Å²) in [4.78, 5) is 10.9. The predicted octanol–water partition coefficient (Wildman–Crippen LogP) is 2.32. The summed E-state index contributed by atoms with van der Waals surface area (Å²) in [6, 6.07) is 2.74. The van der Waals surface area contributed by atoms with E-state index in [1.807, 2.05) is 0 Å². The van der Waals surface area contributed by atoms with E-state index >= 15 is 0 Å². The molecule has 0 heterocycles. The summed E-state index contributed by atoms with van der Waals surface area (Å²) in [5.74, 6) is -0.790. The van der Waals surface area contributed by atoms with Crippen molar-refractivity contribution in [3.05, 3.63) is 34.3 Å². The highest BCUT2D eigenvalue weighted by Crippen LogP contribution is 2.36. The van der Waals surface area contributed by atoms with Crippen molar-refractivity contribution in [2.24, 2.45) is 0 Å². The molecular weight excluding hydrogens is 301 g/mol. The highest BCUT2D eigenvalue weighted by atomic mass is 35.5. The zero-order valence-electron chi connectivity index (χ0n) is 10.3. The molecular formula is C12H12ClF3O4. The third-order valence-electron chi connectivity index (χ3n) is 2.61. The number of aliphatic hydroxyl groups excluding tert-OH is 2. The van der Waals surface area contributed by atoms with Gasteiger partial charge in [0, 0.05) is 0 Å². The minimum absolute atomic E-state index is 0.196. The molecule has 1 aromatic carbocycles. The highest BCUT2D eigenvalue weighted by molar-refractivity contribution is 6.31. The second-order valence-corrected chi connectivity index (χ2v) is 4.44. The number of carbonyl (C=O) groups excluding carboxylic acids is 1. The van der Waals surface area contributed by atoms with Gasteiger partial charge in [0.15, 0.2) is 0 Å². The molecule has 0 aliphatic carbocycles. The van der Waals surface area contributed by atoms with E-state index in [9.17, 15) is 28.2 Å². The Bertz CT molecular complexity index is 490. The van der Waals surface area contributed by atoms with Gasteiger partial charge in [0.25, 0.3) is 0 Å². The zero-order chi connectivity index (χ0) is 15.5. The Morgan fingerprint density at radius 3 is 2.50 bits per heavy atom. The largest absolute Gasteiger partial charge is 0.469 e. The van der Waals surface area contributed by atoms with Gasteiger partial charge in [0.05, 0.1) is 30.2 Å². The molecule has 8 heteroatoms. The number of benzene rings is 1. The van der Waals surface area contributed by atoms with Crippen LogP contribution in [0.5, 0.6) is 0 Å². The average Bonchev–Trinajstić information content (AvgIpc) is 2.36. The van der Waals surface area contributed by atoms with E-state index in [2.05, 4.69) is 4.74 Å². The molecule has 0 saturated heterocycles. The van der Waals surface area contributed by atoms with Crippen molar-refractivity contribution in [2.45, 2.75) is 24.8 Å². The molecule has 0 amide bonds. The van der Waals surface area contributed by atoms with Gasteiger partial charge in [0.2, 0.25) is 0 Å². The van der Waals surface area contributed by atoms with Crippen molar-refractivity contribution >= 4 is 17.6 Å². The number of aliphatic hydroxyl groups is 2. The Balaban J connectivity index is 2.99. The quantitative estimate of drug-likeness (QED) is 0.837. The molecule has 0 fully saturated rings. The topological polar surface area (TPSA) is 66.8 Å². The molecule has 20 heavy (non-hydrogen) atoms. The predicted molar refractivity (Wildman–Crippen MR) is 64.1 cm³/mol. The number of methoxy groups -OCH3 is 1. The highest BCUT2D eigenvalue weighted by Gasteiger charge is 2.34. The number of rotatable bonds is 4. The molecule has 0 bridgehead atoms. The first-order valence-electron chi connectivity index (χ1n) is 5.46. The molecule has 0 saturated carbocycles. The van der Waals surface area contributed by atoms with Crippen LogP contribution in [0, 0.1) is 0 Å². The molecule has 2 unspecified atom stereocenters. The lowest BCUT2D eigenvalue weighted by Gasteiger charge is -2.19. The molecule has 4 nitrogen and oxygen atoms in total. The zero-order valence-corrected chi connectivity index (χ0v) is 11.1. The van der Waals surface area contributed by atoms with Crippen LogP contribution in [0.3, 0.4) is 0 Å². The minimum Gasteiger partial charge on any atom is -0.469 e. The summed E-state index contributed by atoms with van der Waals surface area (Å²) < 4.78 is 42.3. The summed E-state index contributed by atoms with van der Waals surface area (Å²) in [5.41, 5.74) is -1.32. The minimum atomic E-state index is -4.68. The van der Waals surface area contributed by atoms with Crippen LogP contribution in [0.25, 0.3) is 0 Å². The van der Waals surface area contributed by atoms with Crippen molar-refractivity contribution in [1.29, 1.82) is 0 Å². The third-order valence-corrected chi connectivity index (χ3v) is 2.93. The van der Waals surface area contributed by atoms with E-state index in [-0.39, 0.29) is 5.56 Å². The molecule has 1 rings (SSSR count). The fourth-order valence-electron chi connectivity index (χ4n) is 1.53. The number of ether oxygens (including phenoxy) is 1. The van der Waals surface area contributed by atoms with Crippen molar-refractivity contribution in [1.82, 2.24) is 0 Å². The third kappa shape index (κ3) is 4.09. The van der Waals surface area contributed by atoms with Gasteiger partial charge in [0.1, 0.15) is 6.10 Å². The van der Waals surface area contributed by atoms with Gasteiger partial charge in [-0.15, -0.1) is 0 Å². The number of esters is 1. The number of hydrogen-bond donors (Lipinski definition) is 2. The normalized spacial score (nSPS) is 14.8. The number of carbonyl (C=O) groups is 1. The average molecular weight is 313 g/mol. The standard InChI is InChI=1S/C12H12ClF3O4/c1-20-10(18)5-9(17)11(19)6-2-3-8(13)7(4-6)12(14,15)16/h2-4,9,11,17,19H,5H2,1H3. The van der Waals surface area contributed by atoms with Crippen LogP contribution in [0.1, 0.15) is 23.7 Å². The smallest absolute Gasteiger partial charge is 0.417 e. The fourth-order valence-corrected chi connectivity index (χ4v) is 1.76. The van der Waals surface area contributed by atoms with Crippen LogP contribution in [0.2, 0.25) is 5.02 Å². The van der Waals surface area contributed by atoms with Gasteiger partial charge in [-0.2, -0.15) is 13.2 Å². The van der Waals surface area contributed by atoms with E-state index in [0.717, 1.165) is 19.2 Å². The first kappa shape index (κ1) is 16.7. The molecule has 112 valence electrons. The molecule has 0 aliphatic rings.